The van der Waals surface area contributed by atoms with E-state index in [0.29, 0.717) is 6.07 Å². The molecule has 0 bridgehead atoms. The highest BCUT2D eigenvalue weighted by Gasteiger charge is 2.15. The lowest BCUT2D eigenvalue weighted by molar-refractivity contribution is 0.102. The quantitative estimate of drug-likeness (QED) is 0.876. The van der Waals surface area contributed by atoms with Gasteiger partial charge in [0, 0.05) is 16.9 Å². The number of halogens is 3. The number of nitrogens with zero attached hydrogens (tertiary/aromatic N) is 1. The van der Waals surface area contributed by atoms with Crippen molar-refractivity contribution in [2.24, 2.45) is 0 Å². The summed E-state index contributed by atoms with van der Waals surface area (Å²) in [6, 6.07) is 3.67. The van der Waals surface area contributed by atoms with Crippen molar-refractivity contribution >= 4 is 31.3 Å². The summed E-state index contributed by atoms with van der Waals surface area (Å²) >= 11 is 0. The second-order valence-corrected chi connectivity index (χ2v) is 6.49. The molecule has 1 amide bonds. The summed E-state index contributed by atoms with van der Waals surface area (Å²) in [6.45, 7) is 0. The summed E-state index contributed by atoms with van der Waals surface area (Å²) in [5.74, 6) is -2.50. The molecule has 0 atom stereocenters. The van der Waals surface area contributed by atoms with Crippen molar-refractivity contribution in [1.29, 1.82) is 0 Å². The minimum absolute atomic E-state index is 0.108. The van der Waals surface area contributed by atoms with E-state index in [0.717, 1.165) is 30.6 Å². The molecule has 5 nitrogen and oxygen atoms in total. The van der Waals surface area contributed by atoms with Gasteiger partial charge in [-0.05, 0) is 24.3 Å². The SMILES string of the molecule is O=C(Nc1ccc(S(=O)(=O)Cl)cc1F)c1cncc(F)c1. The first kappa shape index (κ1) is 15.3. The van der Waals surface area contributed by atoms with Gasteiger partial charge in [0.2, 0.25) is 0 Å². The topological polar surface area (TPSA) is 76.1 Å². The molecule has 1 aromatic carbocycles. The summed E-state index contributed by atoms with van der Waals surface area (Å²) in [4.78, 5) is 14.8. The molecule has 1 aromatic heterocycles. The molecule has 0 aliphatic heterocycles. The van der Waals surface area contributed by atoms with Crippen molar-refractivity contribution in [3.05, 3.63) is 53.9 Å². The molecule has 0 radical (unpaired) electrons. The van der Waals surface area contributed by atoms with Crippen LogP contribution < -0.4 is 5.32 Å². The number of hydrogen-bond acceptors (Lipinski definition) is 4. The zero-order valence-electron chi connectivity index (χ0n) is 10.2. The van der Waals surface area contributed by atoms with Gasteiger partial charge in [-0.2, -0.15) is 0 Å². The van der Waals surface area contributed by atoms with Gasteiger partial charge in [-0.25, -0.2) is 17.2 Å². The highest BCUT2D eigenvalue weighted by molar-refractivity contribution is 8.13. The maximum Gasteiger partial charge on any atom is 0.261 e. The fourth-order valence-corrected chi connectivity index (χ4v) is 2.24. The number of pyridine rings is 1. The first-order chi connectivity index (χ1) is 9.77. The normalized spacial score (nSPS) is 11.2. The molecule has 0 saturated heterocycles. The number of hydrogen-bond donors (Lipinski definition) is 1. The molecule has 21 heavy (non-hydrogen) atoms. The fraction of sp³-hybridized carbons (Fsp3) is 0. The first-order valence-electron chi connectivity index (χ1n) is 5.43. The standard InChI is InChI=1S/C12H7ClF2N2O3S/c13-21(19,20)9-1-2-11(10(15)4-9)17-12(18)7-3-8(14)6-16-5-7/h1-6H,(H,17,18). The largest absolute Gasteiger partial charge is 0.319 e. The van der Waals surface area contributed by atoms with Gasteiger partial charge in [0.25, 0.3) is 15.0 Å². The number of carbonyl (C=O) groups is 1. The lowest BCUT2D eigenvalue weighted by Gasteiger charge is -2.07. The van der Waals surface area contributed by atoms with E-state index in [1.54, 1.807) is 0 Å². The summed E-state index contributed by atoms with van der Waals surface area (Å²) in [5, 5.41) is 2.17. The van der Waals surface area contributed by atoms with E-state index in [9.17, 15) is 22.0 Å². The minimum Gasteiger partial charge on any atom is -0.319 e. The summed E-state index contributed by atoms with van der Waals surface area (Å²) < 4.78 is 48.7. The van der Waals surface area contributed by atoms with E-state index in [1.807, 2.05) is 0 Å². The van der Waals surface area contributed by atoms with Crippen LogP contribution in [0.15, 0.2) is 41.6 Å². The van der Waals surface area contributed by atoms with Crippen LogP contribution in [0.25, 0.3) is 0 Å². The van der Waals surface area contributed by atoms with E-state index < -0.39 is 31.5 Å². The fourth-order valence-electron chi connectivity index (χ4n) is 1.48. The molecule has 0 aliphatic rings. The van der Waals surface area contributed by atoms with Gasteiger partial charge in [0.15, 0.2) is 0 Å². The van der Waals surface area contributed by atoms with Crippen molar-refractivity contribution in [3.63, 3.8) is 0 Å². The molecule has 0 spiro atoms. The van der Waals surface area contributed by atoms with Crippen LogP contribution >= 0.6 is 10.7 Å². The highest BCUT2D eigenvalue weighted by atomic mass is 35.7. The Morgan fingerprint density at radius 1 is 1.19 bits per heavy atom. The van der Waals surface area contributed by atoms with Gasteiger partial charge < -0.3 is 5.32 Å². The van der Waals surface area contributed by atoms with Gasteiger partial charge in [0.1, 0.15) is 11.6 Å². The van der Waals surface area contributed by atoms with Crippen LogP contribution in [0.5, 0.6) is 0 Å². The van der Waals surface area contributed by atoms with Crippen LogP contribution in [-0.4, -0.2) is 19.3 Å². The monoisotopic (exact) mass is 332 g/mol. The van der Waals surface area contributed by atoms with Crippen molar-refractivity contribution in [3.8, 4) is 0 Å². The molecule has 110 valence electrons. The minimum atomic E-state index is -4.07. The van der Waals surface area contributed by atoms with E-state index in [4.69, 9.17) is 10.7 Å². The zero-order valence-corrected chi connectivity index (χ0v) is 11.8. The number of anilines is 1. The van der Waals surface area contributed by atoms with Crippen LogP contribution in [0.4, 0.5) is 14.5 Å². The Labute approximate surface area is 123 Å². The molecular weight excluding hydrogens is 326 g/mol. The van der Waals surface area contributed by atoms with E-state index in [1.165, 1.54) is 0 Å². The van der Waals surface area contributed by atoms with Crippen molar-refractivity contribution in [2.75, 3.05) is 5.32 Å². The van der Waals surface area contributed by atoms with Crippen molar-refractivity contribution in [2.45, 2.75) is 4.90 Å². The molecule has 2 aromatic rings. The Morgan fingerprint density at radius 3 is 2.48 bits per heavy atom. The molecule has 0 saturated carbocycles. The second kappa shape index (κ2) is 5.74. The van der Waals surface area contributed by atoms with Crippen LogP contribution in [-0.2, 0) is 9.05 Å². The molecule has 0 aliphatic carbocycles. The summed E-state index contributed by atoms with van der Waals surface area (Å²) in [7, 11) is 1.00. The number of nitrogens with one attached hydrogen (secondary N) is 1. The Hall–Kier alpha value is -2.06. The number of benzene rings is 1. The molecular formula is C12H7ClF2N2O3S. The van der Waals surface area contributed by atoms with Crippen LogP contribution in [0.3, 0.4) is 0 Å². The molecule has 2 rings (SSSR count). The Bertz CT molecular complexity index is 812. The summed E-state index contributed by atoms with van der Waals surface area (Å²) in [5.41, 5.74) is -0.378. The van der Waals surface area contributed by atoms with Gasteiger partial charge >= 0.3 is 0 Å². The molecule has 9 heteroatoms. The second-order valence-electron chi connectivity index (χ2n) is 3.93. The number of rotatable bonds is 3. The third-order valence-corrected chi connectivity index (χ3v) is 3.79. The lowest BCUT2D eigenvalue weighted by atomic mass is 10.2. The predicted octanol–water partition coefficient (Wildman–Crippen LogP) is 2.54. The predicted molar refractivity (Wildman–Crippen MR) is 71.6 cm³/mol. The molecule has 1 N–H and O–H groups in total. The highest BCUT2D eigenvalue weighted by Crippen LogP contribution is 2.22. The Kier molecular flexibility index (Phi) is 4.19. The third-order valence-electron chi connectivity index (χ3n) is 2.44. The maximum absolute atomic E-state index is 13.7. The Morgan fingerprint density at radius 2 is 1.90 bits per heavy atom. The molecule has 0 unspecified atom stereocenters. The molecule has 1 heterocycles. The van der Waals surface area contributed by atoms with Gasteiger partial charge in [-0.15, -0.1) is 0 Å². The number of aromatic nitrogens is 1. The van der Waals surface area contributed by atoms with Crippen molar-refractivity contribution in [1.82, 2.24) is 4.98 Å². The van der Waals surface area contributed by atoms with Crippen molar-refractivity contribution < 1.29 is 22.0 Å². The van der Waals surface area contributed by atoms with E-state index >= 15 is 0 Å². The average molecular weight is 333 g/mol. The Balaban J connectivity index is 2.26. The number of amides is 1. The van der Waals surface area contributed by atoms with Gasteiger partial charge in [0.05, 0.1) is 22.3 Å². The average Bonchev–Trinajstić information content (AvgIpc) is 2.39. The van der Waals surface area contributed by atoms with Gasteiger partial charge in [-0.3, -0.25) is 9.78 Å². The third kappa shape index (κ3) is 3.73. The lowest BCUT2D eigenvalue weighted by Crippen LogP contribution is -2.13. The van der Waals surface area contributed by atoms with Crippen LogP contribution in [0, 0.1) is 11.6 Å². The first-order valence-corrected chi connectivity index (χ1v) is 7.74. The molecule has 0 fully saturated rings. The summed E-state index contributed by atoms with van der Waals surface area (Å²) in [6.07, 6.45) is 2.02. The van der Waals surface area contributed by atoms with Crippen LogP contribution in [0.2, 0.25) is 0 Å². The van der Waals surface area contributed by atoms with Crippen LogP contribution in [0.1, 0.15) is 10.4 Å². The number of carbonyl (C=O) groups excluding carboxylic acids is 1. The maximum atomic E-state index is 13.7. The van der Waals surface area contributed by atoms with E-state index in [2.05, 4.69) is 10.3 Å². The zero-order chi connectivity index (χ0) is 15.6. The van der Waals surface area contributed by atoms with E-state index in [-0.39, 0.29) is 11.3 Å². The smallest absolute Gasteiger partial charge is 0.261 e. The van der Waals surface area contributed by atoms with Gasteiger partial charge in [-0.1, -0.05) is 0 Å².